The van der Waals surface area contributed by atoms with E-state index in [1.54, 1.807) is 7.05 Å². The fourth-order valence-corrected chi connectivity index (χ4v) is 3.40. The van der Waals surface area contributed by atoms with Gasteiger partial charge in [0.25, 0.3) is 0 Å². The molecule has 0 aromatic heterocycles. The summed E-state index contributed by atoms with van der Waals surface area (Å²) in [7, 11) is 1.67. The molecule has 1 atom stereocenters. The molecule has 0 saturated carbocycles. The van der Waals surface area contributed by atoms with Crippen molar-refractivity contribution in [3.8, 4) is 0 Å². The quantitative estimate of drug-likeness (QED) is 0.783. The van der Waals surface area contributed by atoms with Crippen LogP contribution in [0.2, 0.25) is 0 Å². The van der Waals surface area contributed by atoms with E-state index in [4.69, 9.17) is 4.74 Å². The minimum atomic E-state index is -0.202. The molecule has 1 N–H and O–H groups in total. The highest BCUT2D eigenvalue weighted by atomic mass is 16.5. The standard InChI is InChI=1S/C23H29N3O3/c1-18(19-6-4-3-5-7-19)16-23(28)25(2)17-22(27)24-20-8-10-21(11-9-20)26-12-14-29-15-13-26/h3-11,18H,12-17H2,1-2H3,(H,24,27)/t18-/m0/s1. The molecule has 6 nitrogen and oxygen atoms in total. The molecule has 1 fully saturated rings. The largest absolute Gasteiger partial charge is 0.378 e. The molecular formula is C23H29N3O3. The van der Waals surface area contributed by atoms with Crippen LogP contribution >= 0.6 is 0 Å². The Hall–Kier alpha value is -2.86. The van der Waals surface area contributed by atoms with E-state index in [2.05, 4.69) is 10.2 Å². The minimum Gasteiger partial charge on any atom is -0.378 e. The molecule has 3 rings (SSSR count). The van der Waals surface area contributed by atoms with Crippen LogP contribution in [0.3, 0.4) is 0 Å². The molecule has 2 amide bonds. The van der Waals surface area contributed by atoms with Gasteiger partial charge in [0.15, 0.2) is 0 Å². The average Bonchev–Trinajstić information content (AvgIpc) is 2.75. The smallest absolute Gasteiger partial charge is 0.243 e. The van der Waals surface area contributed by atoms with Crippen LogP contribution in [0, 0.1) is 0 Å². The number of benzene rings is 2. The lowest BCUT2D eigenvalue weighted by Gasteiger charge is -2.28. The van der Waals surface area contributed by atoms with Crippen LogP contribution in [-0.4, -0.2) is 56.6 Å². The highest BCUT2D eigenvalue weighted by molar-refractivity contribution is 5.94. The predicted octanol–water partition coefficient (Wildman–Crippen LogP) is 3.11. The van der Waals surface area contributed by atoms with Gasteiger partial charge in [-0.05, 0) is 35.7 Å². The van der Waals surface area contributed by atoms with Gasteiger partial charge in [-0.2, -0.15) is 0 Å². The third kappa shape index (κ3) is 6.06. The highest BCUT2D eigenvalue weighted by Crippen LogP contribution is 2.20. The number of nitrogens with one attached hydrogen (secondary N) is 1. The zero-order valence-electron chi connectivity index (χ0n) is 17.1. The van der Waals surface area contributed by atoms with Gasteiger partial charge in [0.05, 0.1) is 19.8 Å². The number of carbonyl (C=O) groups is 2. The van der Waals surface area contributed by atoms with Crippen molar-refractivity contribution >= 4 is 23.2 Å². The predicted molar refractivity (Wildman–Crippen MR) is 115 cm³/mol. The topological polar surface area (TPSA) is 61.9 Å². The highest BCUT2D eigenvalue weighted by Gasteiger charge is 2.17. The number of hydrogen-bond donors (Lipinski definition) is 1. The summed E-state index contributed by atoms with van der Waals surface area (Å²) in [5, 5.41) is 2.87. The van der Waals surface area contributed by atoms with E-state index in [1.165, 1.54) is 4.90 Å². The molecule has 0 bridgehead atoms. The van der Waals surface area contributed by atoms with Gasteiger partial charge in [-0.15, -0.1) is 0 Å². The van der Waals surface area contributed by atoms with Crippen molar-refractivity contribution in [1.82, 2.24) is 4.90 Å². The summed E-state index contributed by atoms with van der Waals surface area (Å²) in [6.07, 6.45) is 0.377. The maximum absolute atomic E-state index is 12.5. The fourth-order valence-electron chi connectivity index (χ4n) is 3.40. The number of hydrogen-bond acceptors (Lipinski definition) is 4. The molecule has 154 valence electrons. The maximum atomic E-state index is 12.5. The van der Waals surface area contributed by atoms with Crippen molar-refractivity contribution in [3.05, 3.63) is 60.2 Å². The second kappa shape index (κ2) is 10.1. The molecule has 0 radical (unpaired) electrons. The second-order valence-electron chi connectivity index (χ2n) is 7.46. The zero-order chi connectivity index (χ0) is 20.6. The number of amides is 2. The summed E-state index contributed by atoms with van der Waals surface area (Å²) < 4.78 is 5.37. The minimum absolute atomic E-state index is 0.0333. The first-order chi connectivity index (χ1) is 14.0. The van der Waals surface area contributed by atoms with Crippen molar-refractivity contribution < 1.29 is 14.3 Å². The number of ether oxygens (including phenoxy) is 1. The second-order valence-corrected chi connectivity index (χ2v) is 7.46. The average molecular weight is 396 g/mol. The van der Waals surface area contributed by atoms with Crippen LogP contribution in [0.1, 0.15) is 24.8 Å². The lowest BCUT2D eigenvalue weighted by molar-refractivity contribution is -0.133. The normalized spacial score (nSPS) is 14.9. The van der Waals surface area contributed by atoms with Crippen LogP contribution < -0.4 is 10.2 Å². The van der Waals surface area contributed by atoms with Gasteiger partial charge in [0.1, 0.15) is 0 Å². The fraction of sp³-hybridized carbons (Fsp3) is 0.391. The summed E-state index contributed by atoms with van der Waals surface area (Å²) in [6, 6.07) is 17.7. The lowest BCUT2D eigenvalue weighted by Crippen LogP contribution is -2.36. The van der Waals surface area contributed by atoms with Crippen LogP contribution in [0.15, 0.2) is 54.6 Å². The summed E-state index contributed by atoms with van der Waals surface area (Å²) in [5.74, 6) is -0.131. The van der Waals surface area contributed by atoms with Crippen molar-refractivity contribution in [2.45, 2.75) is 19.3 Å². The molecule has 1 saturated heterocycles. The van der Waals surface area contributed by atoms with Gasteiger partial charge >= 0.3 is 0 Å². The molecule has 6 heteroatoms. The van der Waals surface area contributed by atoms with E-state index in [0.717, 1.165) is 43.2 Å². The SMILES string of the molecule is C[C@@H](CC(=O)N(C)CC(=O)Nc1ccc(N2CCOCC2)cc1)c1ccccc1. The number of morpholine rings is 1. The summed E-state index contributed by atoms with van der Waals surface area (Å²) in [5.41, 5.74) is 2.97. The van der Waals surface area contributed by atoms with Crippen LogP contribution in [0.4, 0.5) is 11.4 Å². The van der Waals surface area contributed by atoms with Crippen molar-refractivity contribution in [3.63, 3.8) is 0 Å². The Morgan fingerprint density at radius 3 is 2.38 bits per heavy atom. The summed E-state index contributed by atoms with van der Waals surface area (Å²) >= 11 is 0. The Morgan fingerprint density at radius 2 is 1.72 bits per heavy atom. The zero-order valence-corrected chi connectivity index (χ0v) is 17.1. The first-order valence-corrected chi connectivity index (χ1v) is 10.0. The van der Waals surface area contributed by atoms with E-state index in [-0.39, 0.29) is 24.3 Å². The molecule has 1 aliphatic heterocycles. The van der Waals surface area contributed by atoms with Gasteiger partial charge < -0.3 is 19.9 Å². The van der Waals surface area contributed by atoms with Gasteiger partial charge in [-0.3, -0.25) is 9.59 Å². The van der Waals surface area contributed by atoms with E-state index < -0.39 is 0 Å². The molecule has 29 heavy (non-hydrogen) atoms. The number of likely N-dealkylation sites (N-methyl/N-ethyl adjacent to an activating group) is 1. The van der Waals surface area contributed by atoms with Crippen LogP contribution in [-0.2, 0) is 14.3 Å². The summed E-state index contributed by atoms with van der Waals surface area (Å²) in [6.45, 7) is 5.28. The number of anilines is 2. The van der Waals surface area contributed by atoms with Crippen molar-refractivity contribution in [2.24, 2.45) is 0 Å². The molecule has 0 aliphatic carbocycles. The van der Waals surface area contributed by atoms with E-state index in [1.807, 2.05) is 61.5 Å². The number of carbonyl (C=O) groups excluding carboxylic acids is 2. The van der Waals surface area contributed by atoms with E-state index in [0.29, 0.717) is 6.42 Å². The Bertz CT molecular complexity index is 802. The Labute approximate surface area is 172 Å². The molecule has 2 aromatic carbocycles. The maximum Gasteiger partial charge on any atom is 0.243 e. The number of rotatable bonds is 7. The Balaban J connectivity index is 1.47. The Kier molecular flexibility index (Phi) is 7.25. The molecule has 2 aromatic rings. The van der Waals surface area contributed by atoms with Gasteiger partial charge in [-0.25, -0.2) is 0 Å². The summed E-state index contributed by atoms with van der Waals surface area (Å²) in [4.78, 5) is 28.5. The van der Waals surface area contributed by atoms with Gasteiger partial charge in [-0.1, -0.05) is 37.3 Å². The third-order valence-corrected chi connectivity index (χ3v) is 5.18. The monoisotopic (exact) mass is 395 g/mol. The van der Waals surface area contributed by atoms with Crippen LogP contribution in [0.25, 0.3) is 0 Å². The van der Waals surface area contributed by atoms with Crippen LogP contribution in [0.5, 0.6) is 0 Å². The molecule has 0 unspecified atom stereocenters. The molecule has 1 heterocycles. The van der Waals surface area contributed by atoms with Gasteiger partial charge in [0, 0.05) is 37.9 Å². The third-order valence-electron chi connectivity index (χ3n) is 5.18. The number of nitrogens with zero attached hydrogens (tertiary/aromatic N) is 2. The molecule has 0 spiro atoms. The van der Waals surface area contributed by atoms with Crippen molar-refractivity contribution in [1.29, 1.82) is 0 Å². The first kappa shape index (κ1) is 20.9. The van der Waals surface area contributed by atoms with E-state index >= 15 is 0 Å². The first-order valence-electron chi connectivity index (χ1n) is 10.0. The van der Waals surface area contributed by atoms with Crippen molar-refractivity contribution in [2.75, 3.05) is 50.1 Å². The lowest BCUT2D eigenvalue weighted by atomic mass is 9.97. The Morgan fingerprint density at radius 1 is 1.07 bits per heavy atom. The molecule has 1 aliphatic rings. The molecular weight excluding hydrogens is 366 g/mol. The van der Waals surface area contributed by atoms with Gasteiger partial charge in [0.2, 0.25) is 11.8 Å². The van der Waals surface area contributed by atoms with E-state index in [9.17, 15) is 9.59 Å².